The van der Waals surface area contributed by atoms with Crippen LogP contribution in [0.15, 0.2) is 0 Å². The second-order valence-corrected chi connectivity index (χ2v) is 4.43. The Hall–Kier alpha value is -0.120. The summed E-state index contributed by atoms with van der Waals surface area (Å²) in [6.07, 6.45) is 4.95. The van der Waals surface area contributed by atoms with Gasteiger partial charge < -0.3 is 15.7 Å². The van der Waals surface area contributed by atoms with Gasteiger partial charge in [0.25, 0.3) is 0 Å². The number of hydrogen-bond acceptors (Lipinski definition) is 3. The van der Waals surface area contributed by atoms with Crippen molar-refractivity contribution < 1.29 is 5.11 Å². The van der Waals surface area contributed by atoms with Crippen LogP contribution in [-0.4, -0.2) is 37.4 Å². The minimum atomic E-state index is 0.324. The van der Waals surface area contributed by atoms with Crippen molar-refractivity contribution in [3.05, 3.63) is 0 Å². The van der Waals surface area contributed by atoms with Gasteiger partial charge in [0.1, 0.15) is 0 Å². The lowest BCUT2D eigenvalue weighted by molar-refractivity contribution is 0.228. The predicted octanol–water partition coefficient (Wildman–Crippen LogP) is 0.737. The molecule has 14 heavy (non-hydrogen) atoms. The van der Waals surface area contributed by atoms with Gasteiger partial charge in [0.05, 0.1) is 0 Å². The fourth-order valence-electron chi connectivity index (χ4n) is 1.87. The van der Waals surface area contributed by atoms with Crippen LogP contribution in [-0.2, 0) is 0 Å². The second kappa shape index (κ2) is 7.21. The van der Waals surface area contributed by atoms with Crippen LogP contribution in [0.25, 0.3) is 0 Å². The summed E-state index contributed by atoms with van der Waals surface area (Å²) >= 11 is 0. The van der Waals surface area contributed by atoms with Crippen molar-refractivity contribution in [2.75, 3.05) is 26.2 Å². The van der Waals surface area contributed by atoms with Crippen LogP contribution in [0, 0.1) is 5.92 Å². The van der Waals surface area contributed by atoms with Crippen molar-refractivity contribution in [2.24, 2.45) is 5.92 Å². The van der Waals surface area contributed by atoms with E-state index in [9.17, 15) is 0 Å². The first-order valence-corrected chi connectivity index (χ1v) is 5.88. The smallest absolute Gasteiger partial charge is 0.0456 e. The second-order valence-electron chi connectivity index (χ2n) is 4.43. The van der Waals surface area contributed by atoms with E-state index < -0.39 is 0 Å². The van der Waals surface area contributed by atoms with Gasteiger partial charge in [0, 0.05) is 19.2 Å². The molecule has 84 valence electrons. The Kier molecular flexibility index (Phi) is 6.15. The Morgan fingerprint density at radius 1 is 1.57 bits per heavy atom. The lowest BCUT2D eigenvalue weighted by atomic mass is 10.1. The Labute approximate surface area is 87.3 Å². The van der Waals surface area contributed by atoms with Gasteiger partial charge in [-0.3, -0.25) is 0 Å². The SMILES string of the molecule is CC(CO)CCCNCC1CCCN1. The summed E-state index contributed by atoms with van der Waals surface area (Å²) in [6.45, 7) is 5.80. The number of hydrogen-bond donors (Lipinski definition) is 3. The van der Waals surface area contributed by atoms with Gasteiger partial charge in [-0.2, -0.15) is 0 Å². The molecule has 0 aliphatic carbocycles. The van der Waals surface area contributed by atoms with Gasteiger partial charge in [0.15, 0.2) is 0 Å². The van der Waals surface area contributed by atoms with Gasteiger partial charge in [-0.25, -0.2) is 0 Å². The van der Waals surface area contributed by atoms with Crippen molar-refractivity contribution >= 4 is 0 Å². The molecule has 0 bridgehead atoms. The van der Waals surface area contributed by atoms with E-state index in [4.69, 9.17) is 5.11 Å². The largest absolute Gasteiger partial charge is 0.396 e. The van der Waals surface area contributed by atoms with E-state index in [0.717, 1.165) is 19.5 Å². The molecule has 3 N–H and O–H groups in total. The molecule has 1 aliphatic rings. The Balaban J connectivity index is 1.84. The molecular formula is C11H24N2O. The van der Waals surface area contributed by atoms with E-state index in [-0.39, 0.29) is 0 Å². The number of nitrogens with one attached hydrogen (secondary N) is 2. The molecule has 0 radical (unpaired) electrons. The van der Waals surface area contributed by atoms with Gasteiger partial charge >= 0.3 is 0 Å². The molecule has 0 aromatic rings. The molecular weight excluding hydrogens is 176 g/mol. The molecule has 2 unspecified atom stereocenters. The predicted molar refractivity (Wildman–Crippen MR) is 59.4 cm³/mol. The highest BCUT2D eigenvalue weighted by molar-refractivity contribution is 4.75. The fourth-order valence-corrected chi connectivity index (χ4v) is 1.87. The average Bonchev–Trinajstić information content (AvgIpc) is 2.69. The first-order chi connectivity index (χ1) is 6.83. The Morgan fingerprint density at radius 3 is 3.07 bits per heavy atom. The lowest BCUT2D eigenvalue weighted by Gasteiger charge is -2.12. The summed E-state index contributed by atoms with van der Waals surface area (Å²) in [4.78, 5) is 0. The maximum Gasteiger partial charge on any atom is 0.0456 e. The molecule has 1 heterocycles. The van der Waals surface area contributed by atoms with Crippen LogP contribution in [0.1, 0.15) is 32.6 Å². The molecule has 0 amide bonds. The maximum atomic E-state index is 8.83. The van der Waals surface area contributed by atoms with Crippen LogP contribution >= 0.6 is 0 Å². The molecule has 1 aliphatic heterocycles. The van der Waals surface area contributed by atoms with Gasteiger partial charge in [-0.1, -0.05) is 6.92 Å². The van der Waals surface area contributed by atoms with Gasteiger partial charge in [-0.15, -0.1) is 0 Å². The van der Waals surface area contributed by atoms with Crippen molar-refractivity contribution in [1.82, 2.24) is 10.6 Å². The summed E-state index contributed by atoms with van der Waals surface area (Å²) in [7, 11) is 0. The molecule has 1 rings (SSSR count). The van der Waals surface area contributed by atoms with Crippen LogP contribution in [0.3, 0.4) is 0 Å². The molecule has 3 heteroatoms. The van der Waals surface area contributed by atoms with Gasteiger partial charge in [0.2, 0.25) is 0 Å². The quantitative estimate of drug-likeness (QED) is 0.531. The highest BCUT2D eigenvalue weighted by Gasteiger charge is 2.12. The lowest BCUT2D eigenvalue weighted by Crippen LogP contribution is -2.34. The van der Waals surface area contributed by atoms with Crippen molar-refractivity contribution in [2.45, 2.75) is 38.6 Å². The normalized spacial score (nSPS) is 24.0. The standard InChI is InChI=1S/C11H24N2O/c1-10(9-14)4-2-6-12-8-11-5-3-7-13-11/h10-14H,2-9H2,1H3. The average molecular weight is 200 g/mol. The summed E-state index contributed by atoms with van der Waals surface area (Å²) in [5.74, 6) is 0.460. The van der Waals surface area contributed by atoms with E-state index >= 15 is 0 Å². The van der Waals surface area contributed by atoms with E-state index in [1.165, 1.54) is 25.8 Å². The van der Waals surface area contributed by atoms with Crippen LogP contribution in [0.2, 0.25) is 0 Å². The van der Waals surface area contributed by atoms with E-state index in [2.05, 4.69) is 17.6 Å². The van der Waals surface area contributed by atoms with Crippen molar-refractivity contribution in [1.29, 1.82) is 0 Å². The first kappa shape index (κ1) is 12.0. The molecule has 0 aromatic carbocycles. The zero-order valence-corrected chi connectivity index (χ0v) is 9.26. The minimum absolute atomic E-state index is 0.324. The number of aliphatic hydroxyl groups excluding tert-OH is 1. The summed E-state index contributed by atoms with van der Waals surface area (Å²) < 4.78 is 0. The molecule has 0 spiro atoms. The molecule has 2 atom stereocenters. The first-order valence-electron chi connectivity index (χ1n) is 5.88. The van der Waals surface area contributed by atoms with Crippen molar-refractivity contribution in [3.63, 3.8) is 0 Å². The highest BCUT2D eigenvalue weighted by Crippen LogP contribution is 2.04. The molecule has 3 nitrogen and oxygen atoms in total. The van der Waals surface area contributed by atoms with E-state index in [1.807, 2.05) is 0 Å². The number of aliphatic hydroxyl groups is 1. The fraction of sp³-hybridized carbons (Fsp3) is 1.00. The van der Waals surface area contributed by atoms with Crippen LogP contribution in [0.4, 0.5) is 0 Å². The van der Waals surface area contributed by atoms with Gasteiger partial charge in [-0.05, 0) is 44.7 Å². The molecule has 0 saturated carbocycles. The molecule has 1 saturated heterocycles. The Bertz CT molecular complexity index is 135. The third-order valence-corrected chi connectivity index (χ3v) is 2.92. The van der Waals surface area contributed by atoms with E-state index in [1.54, 1.807) is 0 Å². The topological polar surface area (TPSA) is 44.3 Å². The third-order valence-electron chi connectivity index (χ3n) is 2.92. The third kappa shape index (κ3) is 4.94. The molecule has 0 aromatic heterocycles. The zero-order valence-electron chi connectivity index (χ0n) is 9.26. The number of rotatable bonds is 7. The Morgan fingerprint density at radius 2 is 2.43 bits per heavy atom. The monoisotopic (exact) mass is 200 g/mol. The zero-order chi connectivity index (χ0) is 10.2. The van der Waals surface area contributed by atoms with Crippen molar-refractivity contribution in [3.8, 4) is 0 Å². The minimum Gasteiger partial charge on any atom is -0.396 e. The highest BCUT2D eigenvalue weighted by atomic mass is 16.3. The summed E-state index contributed by atoms with van der Waals surface area (Å²) in [5.41, 5.74) is 0. The maximum absolute atomic E-state index is 8.83. The molecule has 1 fully saturated rings. The summed E-state index contributed by atoms with van der Waals surface area (Å²) in [6, 6.07) is 0.699. The van der Waals surface area contributed by atoms with E-state index in [0.29, 0.717) is 18.6 Å². The van der Waals surface area contributed by atoms with Crippen LogP contribution < -0.4 is 10.6 Å². The summed E-state index contributed by atoms with van der Waals surface area (Å²) in [5, 5.41) is 15.8. The van der Waals surface area contributed by atoms with Crippen LogP contribution in [0.5, 0.6) is 0 Å².